The van der Waals surface area contributed by atoms with Crippen molar-refractivity contribution in [2.24, 2.45) is 5.92 Å². The maximum absolute atomic E-state index is 11.4. The van der Waals surface area contributed by atoms with E-state index in [1.807, 2.05) is 0 Å². The summed E-state index contributed by atoms with van der Waals surface area (Å²) in [6, 6.07) is 0. The summed E-state index contributed by atoms with van der Waals surface area (Å²) >= 11 is 6.37. The Morgan fingerprint density at radius 2 is 2.40 bits per heavy atom. The lowest BCUT2D eigenvalue weighted by Gasteiger charge is -2.05. The Hall–Kier alpha value is -0.680. The first-order valence-corrected chi connectivity index (χ1v) is 5.91. The molecule has 0 heterocycles. The van der Waals surface area contributed by atoms with Gasteiger partial charge in [0.1, 0.15) is 5.78 Å². The molecule has 0 aliphatic heterocycles. The fourth-order valence-electron chi connectivity index (χ4n) is 1.37. The molecule has 0 radical (unpaired) electrons. The van der Waals surface area contributed by atoms with Crippen LogP contribution in [0.2, 0.25) is 0 Å². The monoisotopic (exact) mass is 244 g/mol. The van der Waals surface area contributed by atoms with Gasteiger partial charge < -0.3 is 4.74 Å². The molecule has 1 atom stereocenters. The molecule has 5 heteroatoms. The lowest BCUT2D eigenvalue weighted by atomic mass is 10.1. The number of esters is 1. The molecule has 1 aliphatic rings. The molecule has 1 fully saturated rings. The van der Waals surface area contributed by atoms with E-state index in [1.54, 1.807) is 5.41 Å². The van der Waals surface area contributed by atoms with Crippen molar-refractivity contribution in [1.29, 1.82) is 0 Å². The Balaban J connectivity index is 2.39. The Kier molecular flexibility index (Phi) is 4.98. The highest BCUT2D eigenvalue weighted by molar-refractivity contribution is 8.25. The second kappa shape index (κ2) is 6.02. The highest BCUT2D eigenvalue weighted by Gasteiger charge is 2.27. The van der Waals surface area contributed by atoms with Crippen molar-refractivity contribution >= 4 is 39.9 Å². The first kappa shape index (κ1) is 12.4. The topological polar surface area (TPSA) is 43.4 Å². The third-order valence-electron chi connectivity index (χ3n) is 2.18. The van der Waals surface area contributed by atoms with Gasteiger partial charge in [0.15, 0.2) is 0 Å². The minimum Gasteiger partial charge on any atom is -0.466 e. The quantitative estimate of drug-likeness (QED) is 0.432. The van der Waals surface area contributed by atoms with Crippen molar-refractivity contribution in [3.63, 3.8) is 0 Å². The molecule has 0 saturated heterocycles. The Labute approximate surface area is 98.2 Å². The molecule has 1 saturated carbocycles. The molecule has 82 valence electrons. The zero-order chi connectivity index (χ0) is 11.3. The average Bonchev–Trinajstić information content (AvgIpc) is 2.64. The summed E-state index contributed by atoms with van der Waals surface area (Å²) in [5, 5.41) is 1.57. The number of ketones is 1. The Bertz CT molecular complexity index is 310. The van der Waals surface area contributed by atoms with Crippen molar-refractivity contribution < 1.29 is 14.3 Å². The van der Waals surface area contributed by atoms with Gasteiger partial charge in [-0.15, -0.1) is 0 Å². The van der Waals surface area contributed by atoms with Crippen molar-refractivity contribution in [2.45, 2.75) is 19.3 Å². The molecule has 0 spiro atoms. The van der Waals surface area contributed by atoms with Crippen LogP contribution < -0.4 is 0 Å². The minimum atomic E-state index is -0.414. The molecule has 0 aromatic heterocycles. The van der Waals surface area contributed by atoms with E-state index in [4.69, 9.17) is 12.2 Å². The molecule has 0 amide bonds. The molecule has 1 unspecified atom stereocenters. The van der Waals surface area contributed by atoms with Crippen LogP contribution in [0.25, 0.3) is 0 Å². The number of thiocarbonyl (C=S) groups is 1. The molecular weight excluding hydrogens is 232 g/mol. The molecule has 0 N–H and O–H groups in total. The van der Waals surface area contributed by atoms with E-state index in [0.717, 1.165) is 12.8 Å². The number of carbonyl (C=O) groups excluding carboxylic acids is 2. The summed E-state index contributed by atoms with van der Waals surface area (Å²) in [5.41, 5.74) is 0. The second-order valence-corrected chi connectivity index (χ2v) is 4.82. The average molecular weight is 244 g/mol. The van der Waals surface area contributed by atoms with E-state index >= 15 is 0 Å². The maximum Gasteiger partial charge on any atom is 0.330 e. The van der Waals surface area contributed by atoms with Crippen LogP contribution in [0.1, 0.15) is 19.3 Å². The maximum atomic E-state index is 11.4. The van der Waals surface area contributed by atoms with E-state index < -0.39 is 5.97 Å². The van der Waals surface area contributed by atoms with E-state index in [0.29, 0.717) is 10.6 Å². The van der Waals surface area contributed by atoms with Gasteiger partial charge in [-0.05, 0) is 18.2 Å². The van der Waals surface area contributed by atoms with E-state index in [1.165, 1.54) is 24.9 Å². The highest BCUT2D eigenvalue weighted by atomic mass is 32.2. The second-order valence-electron chi connectivity index (χ2n) is 3.17. The normalized spacial score (nSPS) is 20.9. The van der Waals surface area contributed by atoms with Gasteiger partial charge in [-0.25, -0.2) is 4.79 Å². The van der Waals surface area contributed by atoms with Crippen molar-refractivity contribution in [3.8, 4) is 0 Å². The van der Waals surface area contributed by atoms with Crippen LogP contribution in [0.15, 0.2) is 11.5 Å². The number of Topliss-reactive ketones (excluding diaryl/α,β-unsaturated/α-hetero) is 1. The minimum absolute atomic E-state index is 0.104. The Morgan fingerprint density at radius 1 is 1.67 bits per heavy atom. The molecule has 1 aliphatic carbocycles. The van der Waals surface area contributed by atoms with Gasteiger partial charge in [0.05, 0.1) is 17.2 Å². The summed E-state index contributed by atoms with van der Waals surface area (Å²) in [5.74, 6) is -0.297. The summed E-state index contributed by atoms with van der Waals surface area (Å²) < 4.78 is 5.08. The molecule has 3 nitrogen and oxygen atoms in total. The Morgan fingerprint density at radius 3 is 2.93 bits per heavy atom. The van der Waals surface area contributed by atoms with Crippen molar-refractivity contribution in [1.82, 2.24) is 0 Å². The van der Waals surface area contributed by atoms with Gasteiger partial charge in [0.25, 0.3) is 0 Å². The van der Waals surface area contributed by atoms with Crippen LogP contribution >= 0.6 is 24.0 Å². The molecule has 0 aromatic carbocycles. The lowest BCUT2D eigenvalue weighted by Crippen LogP contribution is -2.13. The molecule has 0 aromatic rings. The van der Waals surface area contributed by atoms with Crippen LogP contribution in [0.3, 0.4) is 0 Å². The van der Waals surface area contributed by atoms with Gasteiger partial charge in [0.2, 0.25) is 0 Å². The summed E-state index contributed by atoms with van der Waals surface area (Å²) in [6.45, 7) is 0. The van der Waals surface area contributed by atoms with Crippen LogP contribution in [-0.2, 0) is 14.3 Å². The number of ether oxygens (including phenoxy) is 1. The van der Waals surface area contributed by atoms with Crippen LogP contribution in [0.5, 0.6) is 0 Å². The summed E-state index contributed by atoms with van der Waals surface area (Å²) in [4.78, 5) is 22.1. The van der Waals surface area contributed by atoms with Gasteiger partial charge >= 0.3 is 5.97 Å². The van der Waals surface area contributed by atoms with Crippen LogP contribution in [-0.4, -0.2) is 23.1 Å². The SMILES string of the molecule is COC(=O)/C=C\SC(=S)C1CCCC1=O. The molecular formula is C10H12O3S2. The van der Waals surface area contributed by atoms with Gasteiger partial charge in [-0.2, -0.15) is 0 Å². The van der Waals surface area contributed by atoms with E-state index in [-0.39, 0.29) is 11.7 Å². The number of hydrogen-bond donors (Lipinski definition) is 0. The van der Waals surface area contributed by atoms with Crippen molar-refractivity contribution in [2.75, 3.05) is 7.11 Å². The smallest absolute Gasteiger partial charge is 0.330 e. The number of rotatable bonds is 3. The molecule has 15 heavy (non-hydrogen) atoms. The highest BCUT2D eigenvalue weighted by Crippen LogP contribution is 2.27. The van der Waals surface area contributed by atoms with Crippen molar-refractivity contribution in [3.05, 3.63) is 11.5 Å². The first-order valence-electron chi connectivity index (χ1n) is 4.63. The van der Waals surface area contributed by atoms with Gasteiger partial charge in [-0.1, -0.05) is 24.0 Å². The summed E-state index contributed by atoms with van der Waals surface area (Å²) in [7, 11) is 1.32. The predicted octanol–water partition coefficient (Wildman–Crippen LogP) is 2.10. The number of methoxy groups -OCH3 is 1. The fourth-order valence-corrected chi connectivity index (χ4v) is 2.51. The molecule has 1 rings (SSSR count). The van der Waals surface area contributed by atoms with Crippen LogP contribution in [0, 0.1) is 5.92 Å². The third-order valence-corrected chi connectivity index (χ3v) is 3.54. The largest absolute Gasteiger partial charge is 0.466 e. The zero-order valence-electron chi connectivity index (χ0n) is 8.39. The fraction of sp³-hybridized carbons (Fsp3) is 0.500. The van der Waals surface area contributed by atoms with Gasteiger partial charge in [0, 0.05) is 12.5 Å². The van der Waals surface area contributed by atoms with Gasteiger partial charge in [-0.3, -0.25) is 4.79 Å². The van der Waals surface area contributed by atoms with Crippen LogP contribution in [0.4, 0.5) is 0 Å². The number of carbonyl (C=O) groups is 2. The lowest BCUT2D eigenvalue weighted by molar-refractivity contribution is -0.134. The third kappa shape index (κ3) is 3.76. The number of thioether (sulfide) groups is 1. The summed E-state index contributed by atoms with van der Waals surface area (Å²) in [6.07, 6.45) is 3.70. The number of hydrogen-bond acceptors (Lipinski definition) is 5. The predicted molar refractivity (Wildman–Crippen MR) is 63.7 cm³/mol. The van der Waals surface area contributed by atoms with E-state index in [9.17, 15) is 9.59 Å². The molecule has 0 bridgehead atoms. The first-order chi connectivity index (χ1) is 7.15. The zero-order valence-corrected chi connectivity index (χ0v) is 10.0. The standard InChI is InChI=1S/C10H12O3S2/c1-13-9(12)5-6-15-10(14)7-3-2-4-8(7)11/h5-7H,2-4H2,1H3/b6-5-. The van der Waals surface area contributed by atoms with E-state index in [2.05, 4.69) is 4.74 Å².